The SMILES string of the molecule is COc1ccc(NCC2CC(C)=CC(C)C2)c(C)c1. The van der Waals surface area contributed by atoms with Crippen molar-refractivity contribution in [2.24, 2.45) is 11.8 Å². The Morgan fingerprint density at radius 2 is 2.11 bits per heavy atom. The minimum absolute atomic E-state index is 0.720. The number of anilines is 1. The van der Waals surface area contributed by atoms with E-state index >= 15 is 0 Å². The summed E-state index contributed by atoms with van der Waals surface area (Å²) in [5.41, 5.74) is 4.01. The Morgan fingerprint density at radius 3 is 2.74 bits per heavy atom. The molecule has 0 heterocycles. The van der Waals surface area contributed by atoms with Gasteiger partial charge in [-0.1, -0.05) is 18.6 Å². The van der Waals surface area contributed by atoms with Crippen LogP contribution in [0.1, 0.15) is 32.3 Å². The molecule has 1 aliphatic rings. The number of allylic oxidation sites excluding steroid dienone is 2. The predicted molar refractivity (Wildman–Crippen MR) is 81.9 cm³/mol. The van der Waals surface area contributed by atoms with Crippen molar-refractivity contribution in [1.82, 2.24) is 0 Å². The average molecular weight is 259 g/mol. The van der Waals surface area contributed by atoms with E-state index in [0.29, 0.717) is 0 Å². The van der Waals surface area contributed by atoms with Crippen molar-refractivity contribution in [1.29, 1.82) is 0 Å². The second-order valence-electron chi connectivity index (χ2n) is 5.86. The maximum absolute atomic E-state index is 5.24. The van der Waals surface area contributed by atoms with Crippen LogP contribution in [0.2, 0.25) is 0 Å². The van der Waals surface area contributed by atoms with Gasteiger partial charge in [-0.05, 0) is 62.3 Å². The molecule has 2 unspecified atom stereocenters. The van der Waals surface area contributed by atoms with Crippen molar-refractivity contribution in [3.05, 3.63) is 35.4 Å². The van der Waals surface area contributed by atoms with E-state index in [2.05, 4.69) is 44.3 Å². The highest BCUT2D eigenvalue weighted by Gasteiger charge is 2.17. The molecule has 0 radical (unpaired) electrons. The lowest BCUT2D eigenvalue weighted by atomic mass is 9.83. The minimum Gasteiger partial charge on any atom is -0.497 e. The fraction of sp³-hybridized carbons (Fsp3) is 0.529. The van der Waals surface area contributed by atoms with Gasteiger partial charge in [0.1, 0.15) is 5.75 Å². The Bertz CT molecular complexity index is 464. The molecule has 0 fully saturated rings. The molecular weight excluding hydrogens is 234 g/mol. The van der Waals surface area contributed by atoms with Gasteiger partial charge in [-0.2, -0.15) is 0 Å². The van der Waals surface area contributed by atoms with Gasteiger partial charge in [-0.25, -0.2) is 0 Å². The van der Waals surface area contributed by atoms with Gasteiger partial charge in [0, 0.05) is 12.2 Å². The highest BCUT2D eigenvalue weighted by molar-refractivity contribution is 5.53. The zero-order valence-corrected chi connectivity index (χ0v) is 12.5. The number of nitrogens with one attached hydrogen (secondary N) is 1. The normalized spacial score (nSPS) is 22.8. The second-order valence-corrected chi connectivity index (χ2v) is 5.86. The van der Waals surface area contributed by atoms with Crippen molar-refractivity contribution in [3.8, 4) is 5.75 Å². The number of rotatable bonds is 4. The summed E-state index contributed by atoms with van der Waals surface area (Å²) in [6.07, 6.45) is 4.93. The van der Waals surface area contributed by atoms with E-state index < -0.39 is 0 Å². The van der Waals surface area contributed by atoms with Crippen molar-refractivity contribution in [2.45, 2.75) is 33.6 Å². The summed E-state index contributed by atoms with van der Waals surface area (Å²) in [5, 5.41) is 3.59. The van der Waals surface area contributed by atoms with Crippen molar-refractivity contribution < 1.29 is 4.74 Å². The fourth-order valence-corrected chi connectivity index (χ4v) is 3.06. The molecule has 2 heteroatoms. The molecule has 0 aromatic heterocycles. The maximum atomic E-state index is 5.24. The highest BCUT2D eigenvalue weighted by Crippen LogP contribution is 2.29. The van der Waals surface area contributed by atoms with Gasteiger partial charge >= 0.3 is 0 Å². The third-order valence-corrected chi connectivity index (χ3v) is 3.90. The maximum Gasteiger partial charge on any atom is 0.119 e. The van der Waals surface area contributed by atoms with Crippen LogP contribution >= 0.6 is 0 Å². The van der Waals surface area contributed by atoms with E-state index in [-0.39, 0.29) is 0 Å². The molecule has 0 saturated carbocycles. The molecular formula is C17H25NO. The van der Waals surface area contributed by atoms with Crippen molar-refractivity contribution in [2.75, 3.05) is 19.0 Å². The predicted octanol–water partition coefficient (Wildman–Crippen LogP) is 4.41. The molecule has 0 amide bonds. The van der Waals surface area contributed by atoms with Gasteiger partial charge < -0.3 is 10.1 Å². The number of benzene rings is 1. The van der Waals surface area contributed by atoms with Crippen molar-refractivity contribution in [3.63, 3.8) is 0 Å². The summed E-state index contributed by atoms with van der Waals surface area (Å²) in [6, 6.07) is 6.21. The molecule has 0 bridgehead atoms. The topological polar surface area (TPSA) is 21.3 Å². The van der Waals surface area contributed by atoms with Gasteiger partial charge in [-0.15, -0.1) is 0 Å². The first-order valence-electron chi connectivity index (χ1n) is 7.14. The number of ether oxygens (including phenoxy) is 1. The summed E-state index contributed by atoms with van der Waals surface area (Å²) in [5.74, 6) is 2.40. The molecule has 104 valence electrons. The Balaban J connectivity index is 1.94. The summed E-state index contributed by atoms with van der Waals surface area (Å²) < 4.78 is 5.24. The Kier molecular flexibility index (Phi) is 4.52. The number of hydrogen-bond acceptors (Lipinski definition) is 2. The van der Waals surface area contributed by atoms with Crippen LogP contribution in [-0.4, -0.2) is 13.7 Å². The van der Waals surface area contributed by atoms with E-state index in [1.165, 1.54) is 29.7 Å². The molecule has 1 aromatic carbocycles. The van der Waals surface area contributed by atoms with Crippen LogP contribution in [0.15, 0.2) is 29.8 Å². The molecule has 2 nitrogen and oxygen atoms in total. The van der Waals surface area contributed by atoms with E-state index in [4.69, 9.17) is 4.74 Å². The van der Waals surface area contributed by atoms with Crippen LogP contribution in [-0.2, 0) is 0 Å². The number of aryl methyl sites for hydroxylation is 1. The molecule has 1 aromatic rings. The minimum atomic E-state index is 0.720. The van der Waals surface area contributed by atoms with Gasteiger partial charge in [0.15, 0.2) is 0 Å². The lowest BCUT2D eigenvalue weighted by Crippen LogP contribution is -2.20. The van der Waals surface area contributed by atoms with Crippen LogP contribution in [0.4, 0.5) is 5.69 Å². The first-order chi connectivity index (χ1) is 9.08. The zero-order valence-electron chi connectivity index (χ0n) is 12.5. The molecule has 2 atom stereocenters. The molecule has 1 aliphatic carbocycles. The van der Waals surface area contributed by atoms with Gasteiger partial charge in [-0.3, -0.25) is 0 Å². The fourth-order valence-electron chi connectivity index (χ4n) is 3.06. The molecule has 19 heavy (non-hydrogen) atoms. The second kappa shape index (κ2) is 6.14. The quantitative estimate of drug-likeness (QED) is 0.809. The first-order valence-corrected chi connectivity index (χ1v) is 7.14. The lowest BCUT2D eigenvalue weighted by Gasteiger charge is -2.26. The zero-order chi connectivity index (χ0) is 13.8. The van der Waals surface area contributed by atoms with E-state index in [9.17, 15) is 0 Å². The molecule has 2 rings (SSSR count). The average Bonchev–Trinajstić information content (AvgIpc) is 2.36. The van der Waals surface area contributed by atoms with Crippen LogP contribution in [0.5, 0.6) is 5.75 Å². The molecule has 0 saturated heterocycles. The lowest BCUT2D eigenvalue weighted by molar-refractivity contribution is 0.414. The van der Waals surface area contributed by atoms with E-state index in [0.717, 1.165) is 24.1 Å². The van der Waals surface area contributed by atoms with Crippen LogP contribution in [0, 0.1) is 18.8 Å². The summed E-state index contributed by atoms with van der Waals surface area (Å²) in [4.78, 5) is 0. The monoisotopic (exact) mass is 259 g/mol. The van der Waals surface area contributed by atoms with Gasteiger partial charge in [0.05, 0.1) is 7.11 Å². The standard InChI is InChI=1S/C17H25NO/c1-12-7-13(2)9-15(8-12)11-18-17-6-5-16(19-4)10-14(17)3/h5-7,10,12,15,18H,8-9,11H2,1-4H3. The summed E-state index contributed by atoms with van der Waals surface area (Å²) >= 11 is 0. The molecule has 1 N–H and O–H groups in total. The number of methoxy groups -OCH3 is 1. The Hall–Kier alpha value is -1.44. The van der Waals surface area contributed by atoms with Crippen molar-refractivity contribution >= 4 is 5.69 Å². The summed E-state index contributed by atoms with van der Waals surface area (Å²) in [7, 11) is 1.71. The number of hydrogen-bond donors (Lipinski definition) is 1. The van der Waals surface area contributed by atoms with Gasteiger partial charge in [0.25, 0.3) is 0 Å². The first kappa shape index (κ1) is 14.0. The van der Waals surface area contributed by atoms with E-state index in [1.54, 1.807) is 7.11 Å². The molecule has 0 spiro atoms. The van der Waals surface area contributed by atoms with Crippen LogP contribution in [0.25, 0.3) is 0 Å². The van der Waals surface area contributed by atoms with Crippen LogP contribution < -0.4 is 10.1 Å². The highest BCUT2D eigenvalue weighted by atomic mass is 16.5. The smallest absolute Gasteiger partial charge is 0.119 e. The van der Waals surface area contributed by atoms with Crippen LogP contribution in [0.3, 0.4) is 0 Å². The van der Waals surface area contributed by atoms with E-state index in [1.807, 2.05) is 6.07 Å². The Labute approximate surface area is 116 Å². The summed E-state index contributed by atoms with van der Waals surface area (Å²) in [6.45, 7) is 7.75. The largest absolute Gasteiger partial charge is 0.497 e. The molecule has 0 aliphatic heterocycles. The third kappa shape index (κ3) is 3.76. The van der Waals surface area contributed by atoms with Gasteiger partial charge in [0.2, 0.25) is 0 Å². The third-order valence-electron chi connectivity index (χ3n) is 3.90. The Morgan fingerprint density at radius 1 is 1.32 bits per heavy atom.